The van der Waals surface area contributed by atoms with E-state index in [2.05, 4.69) is 10.6 Å². The van der Waals surface area contributed by atoms with Crippen LogP contribution in [0.4, 0.5) is 20.2 Å². The van der Waals surface area contributed by atoms with Gasteiger partial charge in [-0.05, 0) is 60.7 Å². The lowest BCUT2D eigenvalue weighted by atomic mass is 10.1. The summed E-state index contributed by atoms with van der Waals surface area (Å²) in [6.45, 7) is 1.79. The molecular formula is C21H20F2N4O3S. The standard InChI is InChI=1S/C21H20F2N4O3S/c1-13(28)24-10-11-26-18(12-19(29)25-16-6-2-14(22)3-7-16)20(30)27(21(26)31)17-8-4-15(23)5-9-17/h2-9,18H,10-12H2,1H3,(H,24,28)(H,25,29). The molecule has 2 aromatic carbocycles. The molecule has 1 saturated heterocycles. The van der Waals surface area contributed by atoms with Crippen LogP contribution in [-0.4, -0.2) is 46.9 Å². The van der Waals surface area contributed by atoms with E-state index < -0.39 is 29.5 Å². The zero-order valence-corrected chi connectivity index (χ0v) is 17.4. The first kappa shape index (κ1) is 22.3. The van der Waals surface area contributed by atoms with Gasteiger partial charge in [-0.2, -0.15) is 0 Å². The van der Waals surface area contributed by atoms with Crippen LogP contribution >= 0.6 is 12.2 Å². The van der Waals surface area contributed by atoms with Gasteiger partial charge >= 0.3 is 0 Å². The van der Waals surface area contributed by atoms with Crippen LogP contribution < -0.4 is 15.5 Å². The Morgan fingerprint density at radius 2 is 1.61 bits per heavy atom. The van der Waals surface area contributed by atoms with Gasteiger partial charge in [0.05, 0.1) is 12.1 Å². The van der Waals surface area contributed by atoms with Crippen molar-refractivity contribution in [2.24, 2.45) is 0 Å². The van der Waals surface area contributed by atoms with Crippen LogP contribution in [0.1, 0.15) is 13.3 Å². The molecule has 1 fully saturated rings. The topological polar surface area (TPSA) is 81.8 Å². The van der Waals surface area contributed by atoms with Gasteiger partial charge in [0.1, 0.15) is 17.7 Å². The van der Waals surface area contributed by atoms with E-state index >= 15 is 0 Å². The highest BCUT2D eigenvalue weighted by atomic mass is 32.1. The average molecular weight is 446 g/mol. The second-order valence-electron chi connectivity index (χ2n) is 6.88. The Hall–Kier alpha value is -3.40. The van der Waals surface area contributed by atoms with Gasteiger partial charge in [-0.25, -0.2) is 8.78 Å². The fourth-order valence-corrected chi connectivity index (χ4v) is 3.60. The monoisotopic (exact) mass is 446 g/mol. The van der Waals surface area contributed by atoms with E-state index in [0.29, 0.717) is 11.4 Å². The van der Waals surface area contributed by atoms with E-state index in [4.69, 9.17) is 12.2 Å². The summed E-state index contributed by atoms with van der Waals surface area (Å²) in [7, 11) is 0. The first-order valence-electron chi connectivity index (χ1n) is 9.46. The molecule has 1 aliphatic heterocycles. The molecule has 3 rings (SSSR count). The number of carbonyl (C=O) groups excluding carboxylic acids is 3. The minimum atomic E-state index is -0.910. The van der Waals surface area contributed by atoms with Crippen LogP contribution in [0.25, 0.3) is 0 Å². The molecule has 0 aliphatic carbocycles. The van der Waals surface area contributed by atoms with Crippen molar-refractivity contribution in [3.05, 3.63) is 60.2 Å². The molecule has 2 aromatic rings. The van der Waals surface area contributed by atoms with Crippen molar-refractivity contribution in [2.45, 2.75) is 19.4 Å². The van der Waals surface area contributed by atoms with Crippen molar-refractivity contribution in [3.8, 4) is 0 Å². The van der Waals surface area contributed by atoms with E-state index in [-0.39, 0.29) is 30.5 Å². The van der Waals surface area contributed by atoms with Gasteiger partial charge in [0.15, 0.2) is 5.11 Å². The number of benzene rings is 2. The van der Waals surface area contributed by atoms with Crippen molar-refractivity contribution in [1.82, 2.24) is 10.2 Å². The number of nitrogens with one attached hydrogen (secondary N) is 2. The van der Waals surface area contributed by atoms with Crippen molar-refractivity contribution in [1.29, 1.82) is 0 Å². The number of carbonyl (C=O) groups is 3. The molecule has 31 heavy (non-hydrogen) atoms. The third kappa shape index (κ3) is 5.40. The van der Waals surface area contributed by atoms with Gasteiger partial charge < -0.3 is 15.5 Å². The summed E-state index contributed by atoms with van der Waals surface area (Å²) >= 11 is 5.46. The Balaban J connectivity index is 1.79. The predicted molar refractivity (Wildman–Crippen MR) is 115 cm³/mol. The summed E-state index contributed by atoms with van der Waals surface area (Å²) in [5.41, 5.74) is 0.766. The van der Waals surface area contributed by atoms with Crippen LogP contribution in [0.2, 0.25) is 0 Å². The smallest absolute Gasteiger partial charge is 0.256 e. The maximum atomic E-state index is 13.3. The molecule has 2 N–H and O–H groups in total. The third-order valence-corrected chi connectivity index (χ3v) is 5.05. The van der Waals surface area contributed by atoms with Crippen molar-refractivity contribution in [2.75, 3.05) is 23.3 Å². The van der Waals surface area contributed by atoms with Gasteiger partial charge in [0, 0.05) is 25.7 Å². The number of amides is 3. The first-order valence-corrected chi connectivity index (χ1v) is 9.87. The molecule has 1 unspecified atom stereocenters. The van der Waals surface area contributed by atoms with E-state index in [9.17, 15) is 23.2 Å². The Labute approximate surface area is 183 Å². The largest absolute Gasteiger partial charge is 0.355 e. The number of rotatable bonds is 7. The van der Waals surface area contributed by atoms with E-state index in [1.807, 2.05) is 0 Å². The van der Waals surface area contributed by atoms with Crippen LogP contribution in [-0.2, 0) is 14.4 Å². The normalized spacial score (nSPS) is 15.9. The molecule has 10 heteroatoms. The van der Waals surface area contributed by atoms with Gasteiger partial charge in [-0.15, -0.1) is 0 Å². The molecule has 0 saturated carbocycles. The summed E-state index contributed by atoms with van der Waals surface area (Å²) in [6.07, 6.45) is -0.214. The van der Waals surface area contributed by atoms with E-state index in [1.165, 1.54) is 60.4 Å². The second-order valence-corrected chi connectivity index (χ2v) is 7.25. The van der Waals surface area contributed by atoms with Crippen molar-refractivity contribution < 1.29 is 23.2 Å². The van der Waals surface area contributed by atoms with E-state index in [0.717, 1.165) is 0 Å². The minimum Gasteiger partial charge on any atom is -0.355 e. The van der Waals surface area contributed by atoms with Crippen LogP contribution in [0.3, 0.4) is 0 Å². The number of anilines is 2. The molecule has 162 valence electrons. The summed E-state index contributed by atoms with van der Waals surface area (Å²) in [4.78, 5) is 39.7. The number of halogens is 2. The Morgan fingerprint density at radius 1 is 1.03 bits per heavy atom. The predicted octanol–water partition coefficient (Wildman–Crippen LogP) is 2.43. The van der Waals surface area contributed by atoms with Gasteiger partial charge in [0.25, 0.3) is 5.91 Å². The van der Waals surface area contributed by atoms with Gasteiger partial charge in [-0.3, -0.25) is 19.3 Å². The number of nitrogens with zero attached hydrogens (tertiary/aromatic N) is 2. The SMILES string of the molecule is CC(=O)NCCN1C(=S)N(c2ccc(F)cc2)C(=O)C1CC(=O)Nc1ccc(F)cc1. The van der Waals surface area contributed by atoms with Crippen molar-refractivity contribution >= 4 is 46.4 Å². The third-order valence-electron chi connectivity index (χ3n) is 4.64. The second kappa shape index (κ2) is 9.61. The molecule has 1 atom stereocenters. The zero-order valence-electron chi connectivity index (χ0n) is 16.6. The Morgan fingerprint density at radius 3 is 2.19 bits per heavy atom. The highest BCUT2D eigenvalue weighted by Gasteiger charge is 2.43. The summed E-state index contributed by atoms with van der Waals surface area (Å²) < 4.78 is 26.4. The highest BCUT2D eigenvalue weighted by Crippen LogP contribution is 2.27. The highest BCUT2D eigenvalue weighted by molar-refractivity contribution is 7.80. The lowest BCUT2D eigenvalue weighted by molar-refractivity contribution is -0.124. The quantitative estimate of drug-likeness (QED) is 0.639. The fourth-order valence-electron chi connectivity index (χ4n) is 3.19. The van der Waals surface area contributed by atoms with Crippen molar-refractivity contribution in [3.63, 3.8) is 0 Å². The van der Waals surface area contributed by atoms with Gasteiger partial charge in [-0.1, -0.05) is 0 Å². The van der Waals surface area contributed by atoms with E-state index in [1.54, 1.807) is 4.90 Å². The van der Waals surface area contributed by atoms with Crippen LogP contribution in [0, 0.1) is 11.6 Å². The molecule has 0 bridgehead atoms. The molecule has 0 radical (unpaired) electrons. The Kier molecular flexibility index (Phi) is 6.91. The fraction of sp³-hybridized carbons (Fsp3) is 0.238. The summed E-state index contributed by atoms with van der Waals surface area (Å²) in [6, 6.07) is 9.60. The molecule has 7 nitrogen and oxygen atoms in total. The minimum absolute atomic E-state index is 0.154. The molecule has 1 aliphatic rings. The number of hydrogen-bond acceptors (Lipinski definition) is 4. The van der Waals surface area contributed by atoms with Crippen LogP contribution in [0.5, 0.6) is 0 Å². The first-order chi connectivity index (χ1) is 14.8. The van der Waals surface area contributed by atoms with Crippen LogP contribution in [0.15, 0.2) is 48.5 Å². The maximum Gasteiger partial charge on any atom is 0.256 e. The number of thiocarbonyl (C=S) groups is 1. The maximum absolute atomic E-state index is 13.3. The lowest BCUT2D eigenvalue weighted by Crippen LogP contribution is -2.42. The number of hydrogen-bond donors (Lipinski definition) is 2. The Bertz CT molecular complexity index is 999. The molecular weight excluding hydrogens is 426 g/mol. The van der Waals surface area contributed by atoms with Gasteiger partial charge in [0.2, 0.25) is 11.8 Å². The zero-order chi connectivity index (χ0) is 22.5. The molecule has 1 heterocycles. The summed E-state index contributed by atoms with van der Waals surface area (Å²) in [5, 5.41) is 5.41. The average Bonchev–Trinajstić information content (AvgIpc) is 2.94. The molecule has 0 spiro atoms. The summed E-state index contributed by atoms with van der Waals surface area (Å²) in [5.74, 6) is -2.03. The molecule has 3 amide bonds. The molecule has 0 aromatic heterocycles. The lowest BCUT2D eigenvalue weighted by Gasteiger charge is -2.23.